The summed E-state index contributed by atoms with van der Waals surface area (Å²) in [4.78, 5) is 23.4. The molecule has 0 aromatic heterocycles. The third-order valence-corrected chi connectivity index (χ3v) is 4.90. The number of carbonyl (C=O) groups is 2. The van der Waals surface area contributed by atoms with E-state index in [1.54, 1.807) is 19.1 Å². The van der Waals surface area contributed by atoms with Crippen molar-refractivity contribution in [3.05, 3.63) is 26.8 Å². The van der Waals surface area contributed by atoms with Crippen molar-refractivity contribution in [1.29, 1.82) is 0 Å². The highest BCUT2D eigenvalue weighted by Crippen LogP contribution is 2.32. The predicted molar refractivity (Wildman–Crippen MR) is 88.4 cm³/mol. The number of carboxylic acids is 1. The smallest absolute Gasteiger partial charge is 0.310 e. The van der Waals surface area contributed by atoms with Crippen LogP contribution in [0.15, 0.2) is 12.1 Å². The van der Waals surface area contributed by atoms with E-state index in [-0.39, 0.29) is 12.4 Å². The van der Waals surface area contributed by atoms with Crippen molar-refractivity contribution in [3.8, 4) is 5.75 Å². The first-order chi connectivity index (χ1) is 10.4. The van der Waals surface area contributed by atoms with E-state index in [1.165, 1.54) is 0 Å². The van der Waals surface area contributed by atoms with Crippen LogP contribution in [-0.2, 0) is 20.9 Å². The summed E-state index contributed by atoms with van der Waals surface area (Å²) in [6.45, 7) is 1.88. The molecule has 5 nitrogen and oxygen atoms in total. The molecule has 0 spiro atoms. The molecule has 1 aliphatic carbocycles. The molecule has 2 unspecified atom stereocenters. The number of halogens is 1. The van der Waals surface area contributed by atoms with Crippen LogP contribution in [0.2, 0.25) is 0 Å². The van der Waals surface area contributed by atoms with Gasteiger partial charge in [-0.2, -0.15) is 0 Å². The highest BCUT2D eigenvalue weighted by atomic mass is 127. The first-order valence-corrected chi connectivity index (χ1v) is 8.35. The van der Waals surface area contributed by atoms with Gasteiger partial charge in [0, 0.05) is 0 Å². The Bertz CT molecular complexity index is 561. The third kappa shape index (κ3) is 3.91. The van der Waals surface area contributed by atoms with E-state index in [4.69, 9.17) is 4.74 Å². The minimum Gasteiger partial charge on any atom is -0.507 e. The summed E-state index contributed by atoms with van der Waals surface area (Å²) in [6, 6.07) is 3.52. The van der Waals surface area contributed by atoms with Crippen molar-refractivity contribution in [1.82, 2.24) is 0 Å². The lowest BCUT2D eigenvalue weighted by molar-refractivity contribution is -0.160. The maximum Gasteiger partial charge on any atom is 0.310 e. The average Bonchev–Trinajstić information content (AvgIpc) is 2.50. The van der Waals surface area contributed by atoms with Gasteiger partial charge in [0.15, 0.2) is 0 Å². The highest BCUT2D eigenvalue weighted by Gasteiger charge is 2.36. The zero-order chi connectivity index (χ0) is 16.3. The molecule has 0 radical (unpaired) electrons. The molecule has 1 fully saturated rings. The molecule has 1 aliphatic rings. The molecule has 22 heavy (non-hydrogen) atoms. The number of carboxylic acid groups (broad SMARTS) is 1. The van der Waals surface area contributed by atoms with Gasteiger partial charge in [0.2, 0.25) is 0 Å². The first kappa shape index (κ1) is 17.1. The number of esters is 1. The van der Waals surface area contributed by atoms with Crippen LogP contribution >= 0.6 is 22.6 Å². The van der Waals surface area contributed by atoms with Gasteiger partial charge in [-0.25, -0.2) is 0 Å². The number of aryl methyl sites for hydroxylation is 1. The van der Waals surface area contributed by atoms with Gasteiger partial charge in [-0.05, 0) is 65.6 Å². The van der Waals surface area contributed by atoms with E-state index in [2.05, 4.69) is 0 Å². The van der Waals surface area contributed by atoms with E-state index in [9.17, 15) is 19.8 Å². The lowest BCUT2D eigenvalue weighted by Crippen LogP contribution is -2.33. The van der Waals surface area contributed by atoms with Crippen LogP contribution in [0.4, 0.5) is 0 Å². The fourth-order valence-electron chi connectivity index (χ4n) is 2.86. The second kappa shape index (κ2) is 7.30. The quantitative estimate of drug-likeness (QED) is 0.580. The lowest BCUT2D eigenvalue weighted by Gasteiger charge is -2.26. The average molecular weight is 418 g/mol. The number of rotatable bonds is 4. The standard InChI is InChI=1S/C16H19IO5/c1-9-6-10(7-13(17)14(9)18)8-22-16(21)12-5-3-2-4-11(12)15(19)20/h6-7,11-12,18H,2-5,8H2,1H3,(H,19,20). The van der Waals surface area contributed by atoms with Crippen molar-refractivity contribution in [3.63, 3.8) is 0 Å². The Morgan fingerprint density at radius 3 is 2.50 bits per heavy atom. The summed E-state index contributed by atoms with van der Waals surface area (Å²) in [7, 11) is 0. The number of carbonyl (C=O) groups excluding carboxylic acids is 1. The van der Waals surface area contributed by atoms with E-state index < -0.39 is 23.8 Å². The molecule has 6 heteroatoms. The summed E-state index contributed by atoms with van der Waals surface area (Å²) < 4.78 is 6.01. The molecule has 2 N–H and O–H groups in total. The minimum atomic E-state index is -0.920. The van der Waals surface area contributed by atoms with Crippen LogP contribution in [0.3, 0.4) is 0 Å². The zero-order valence-corrected chi connectivity index (χ0v) is 14.5. The topological polar surface area (TPSA) is 83.8 Å². The first-order valence-electron chi connectivity index (χ1n) is 7.27. The molecular formula is C16H19IO5. The Kier molecular flexibility index (Phi) is 5.66. The molecule has 2 atom stereocenters. The number of hydrogen-bond acceptors (Lipinski definition) is 4. The van der Waals surface area contributed by atoms with Crippen LogP contribution in [0.5, 0.6) is 5.75 Å². The largest absolute Gasteiger partial charge is 0.507 e. The summed E-state index contributed by atoms with van der Waals surface area (Å²) in [5.74, 6) is -2.31. The molecule has 0 heterocycles. The Hall–Kier alpha value is -1.31. The van der Waals surface area contributed by atoms with Crippen LogP contribution in [0, 0.1) is 22.3 Å². The van der Waals surface area contributed by atoms with Gasteiger partial charge >= 0.3 is 11.9 Å². The minimum absolute atomic E-state index is 0.0960. The summed E-state index contributed by atoms with van der Waals surface area (Å²) >= 11 is 2.02. The Morgan fingerprint density at radius 1 is 1.27 bits per heavy atom. The molecule has 0 amide bonds. The van der Waals surface area contributed by atoms with Crippen molar-refractivity contribution < 1.29 is 24.5 Å². The lowest BCUT2D eigenvalue weighted by atomic mass is 9.79. The van der Waals surface area contributed by atoms with Crippen LogP contribution in [0.1, 0.15) is 36.8 Å². The molecular weight excluding hydrogens is 399 g/mol. The number of phenolic OH excluding ortho intramolecular Hbond substituents is 1. The van der Waals surface area contributed by atoms with Crippen LogP contribution in [0.25, 0.3) is 0 Å². The van der Waals surface area contributed by atoms with E-state index in [0.29, 0.717) is 16.4 Å². The molecule has 0 bridgehead atoms. The summed E-state index contributed by atoms with van der Waals surface area (Å²) in [6.07, 6.45) is 2.81. The number of aromatic hydroxyl groups is 1. The van der Waals surface area contributed by atoms with Gasteiger partial charge in [-0.15, -0.1) is 0 Å². The number of ether oxygens (including phenoxy) is 1. The van der Waals surface area contributed by atoms with Crippen molar-refractivity contribution in [2.75, 3.05) is 0 Å². The number of aliphatic carboxylic acids is 1. The Balaban J connectivity index is 2.01. The van der Waals surface area contributed by atoms with Gasteiger partial charge in [-0.3, -0.25) is 9.59 Å². The van der Waals surface area contributed by atoms with Crippen LogP contribution in [-0.4, -0.2) is 22.2 Å². The SMILES string of the molecule is Cc1cc(COC(=O)C2CCCCC2C(=O)O)cc(I)c1O. The monoisotopic (exact) mass is 418 g/mol. The van der Waals surface area contributed by atoms with Gasteiger partial charge < -0.3 is 14.9 Å². The zero-order valence-electron chi connectivity index (χ0n) is 12.3. The number of benzene rings is 1. The van der Waals surface area contributed by atoms with Gasteiger partial charge in [-0.1, -0.05) is 12.8 Å². The molecule has 2 rings (SSSR count). The van der Waals surface area contributed by atoms with E-state index >= 15 is 0 Å². The van der Waals surface area contributed by atoms with Crippen molar-refractivity contribution >= 4 is 34.5 Å². The van der Waals surface area contributed by atoms with E-state index in [1.807, 2.05) is 22.6 Å². The van der Waals surface area contributed by atoms with Gasteiger partial charge in [0.1, 0.15) is 12.4 Å². The molecule has 120 valence electrons. The van der Waals surface area contributed by atoms with Gasteiger partial charge in [0.25, 0.3) is 0 Å². The molecule has 1 aromatic rings. The second-order valence-corrected chi connectivity index (χ2v) is 6.85. The molecule has 1 saturated carbocycles. The molecule has 1 aromatic carbocycles. The van der Waals surface area contributed by atoms with Crippen molar-refractivity contribution in [2.24, 2.45) is 11.8 Å². The maximum atomic E-state index is 12.2. The summed E-state index contributed by atoms with van der Waals surface area (Å²) in [5.41, 5.74) is 1.51. The van der Waals surface area contributed by atoms with E-state index in [0.717, 1.165) is 24.0 Å². The maximum absolute atomic E-state index is 12.2. The second-order valence-electron chi connectivity index (χ2n) is 5.69. The third-order valence-electron chi connectivity index (χ3n) is 4.08. The highest BCUT2D eigenvalue weighted by molar-refractivity contribution is 14.1. The number of phenols is 1. The van der Waals surface area contributed by atoms with Gasteiger partial charge in [0.05, 0.1) is 15.4 Å². The van der Waals surface area contributed by atoms with Crippen LogP contribution < -0.4 is 0 Å². The Labute approximate surface area is 142 Å². The Morgan fingerprint density at radius 2 is 1.91 bits per heavy atom. The predicted octanol–water partition coefficient (Wildman–Crippen LogP) is 3.24. The fourth-order valence-corrected chi connectivity index (χ4v) is 3.69. The van der Waals surface area contributed by atoms with Crippen molar-refractivity contribution in [2.45, 2.75) is 39.2 Å². The molecule has 0 saturated heterocycles. The summed E-state index contributed by atoms with van der Waals surface area (Å²) in [5, 5.41) is 18.9. The fraction of sp³-hybridized carbons (Fsp3) is 0.500. The normalized spacial score (nSPS) is 21.4. The number of hydrogen-bond donors (Lipinski definition) is 2. The molecule has 0 aliphatic heterocycles.